The van der Waals surface area contributed by atoms with Crippen LogP contribution in [0.1, 0.15) is 50.1 Å². The van der Waals surface area contributed by atoms with E-state index in [9.17, 15) is 5.26 Å². The standard InChI is InChI=1S/C32H36N12O4/c1-22(18-43-21-37-40-41-43)48-29-14-23(2-3-24(29)15-33)25-16-35-32(36-17-25)38-28-19-44(39-31(28)47-20-30-34-8-11-46-30)27-6-4-26(5-7-27)42-9-12-45-13-10-42/h2-3,8,11,14,16-17,19,21-22,26-27H,4-7,9-10,12-13,18,20H2,1H3,(H,35,36,38). The zero-order chi connectivity index (χ0) is 32.7. The predicted molar refractivity (Wildman–Crippen MR) is 170 cm³/mol. The van der Waals surface area contributed by atoms with Gasteiger partial charge in [0.2, 0.25) is 11.8 Å². The Hall–Kier alpha value is -5.40. The number of oxazole rings is 1. The van der Waals surface area contributed by atoms with Crippen LogP contribution >= 0.6 is 0 Å². The lowest BCUT2D eigenvalue weighted by Crippen LogP contribution is -2.45. The molecule has 16 nitrogen and oxygen atoms in total. The molecule has 1 N–H and O–H groups in total. The quantitative estimate of drug-likeness (QED) is 0.206. The number of nitrogens with zero attached hydrogens (tertiary/aromatic N) is 11. The molecule has 0 radical (unpaired) electrons. The smallest absolute Gasteiger partial charge is 0.257 e. The van der Waals surface area contributed by atoms with Gasteiger partial charge in [0, 0.05) is 37.1 Å². The van der Waals surface area contributed by atoms with Gasteiger partial charge in [-0.25, -0.2) is 19.6 Å². The number of aromatic nitrogens is 9. The van der Waals surface area contributed by atoms with Gasteiger partial charge in [-0.05, 0) is 60.7 Å². The molecular weight excluding hydrogens is 616 g/mol. The molecule has 1 unspecified atom stereocenters. The van der Waals surface area contributed by atoms with Crippen molar-refractivity contribution in [3.63, 3.8) is 0 Å². The SMILES string of the molecule is CC(Cn1cnnn1)Oc1cc(-c2cnc(Nc3cn(C4CCC(N5CCOCC5)CC4)nc3OCc3ncco3)nc2)ccc1C#N. The van der Waals surface area contributed by atoms with E-state index >= 15 is 0 Å². The summed E-state index contributed by atoms with van der Waals surface area (Å²) in [5.74, 6) is 1.71. The van der Waals surface area contributed by atoms with Crippen LogP contribution in [0.2, 0.25) is 0 Å². The molecule has 1 saturated carbocycles. The van der Waals surface area contributed by atoms with Gasteiger partial charge in [0.25, 0.3) is 5.88 Å². The highest BCUT2D eigenvalue weighted by Gasteiger charge is 2.29. The van der Waals surface area contributed by atoms with Crippen molar-refractivity contribution < 1.29 is 18.6 Å². The molecule has 0 amide bonds. The third-order valence-corrected chi connectivity index (χ3v) is 8.61. The molecule has 1 atom stereocenters. The van der Waals surface area contributed by atoms with Crippen molar-refractivity contribution in [2.45, 2.75) is 63.9 Å². The Bertz CT molecular complexity index is 1790. The fourth-order valence-corrected chi connectivity index (χ4v) is 6.17. The first-order chi connectivity index (χ1) is 23.6. The molecule has 1 aromatic carbocycles. The summed E-state index contributed by atoms with van der Waals surface area (Å²) < 4.78 is 26.6. The molecule has 248 valence electrons. The number of hydrogen-bond acceptors (Lipinski definition) is 14. The summed E-state index contributed by atoms with van der Waals surface area (Å²) >= 11 is 0. The summed E-state index contributed by atoms with van der Waals surface area (Å²) in [5.41, 5.74) is 2.64. The van der Waals surface area contributed by atoms with E-state index in [1.54, 1.807) is 29.3 Å². The summed E-state index contributed by atoms with van der Waals surface area (Å²) in [7, 11) is 0. The highest BCUT2D eigenvalue weighted by Crippen LogP contribution is 2.35. The van der Waals surface area contributed by atoms with E-state index in [1.807, 2.05) is 29.9 Å². The Balaban J connectivity index is 1.05. The van der Waals surface area contributed by atoms with Gasteiger partial charge >= 0.3 is 0 Å². The number of nitrogens with one attached hydrogen (secondary N) is 1. The third-order valence-electron chi connectivity index (χ3n) is 8.61. The third kappa shape index (κ3) is 7.42. The molecule has 5 heterocycles. The van der Waals surface area contributed by atoms with Crippen molar-refractivity contribution >= 4 is 11.6 Å². The lowest BCUT2D eigenvalue weighted by molar-refractivity contribution is 0.00502. The van der Waals surface area contributed by atoms with Gasteiger partial charge in [0.15, 0.2) is 6.61 Å². The number of benzene rings is 1. The first-order valence-corrected chi connectivity index (χ1v) is 16.0. The Morgan fingerprint density at radius 3 is 2.60 bits per heavy atom. The molecule has 16 heteroatoms. The summed E-state index contributed by atoms with van der Waals surface area (Å²) in [4.78, 5) is 15.9. The highest BCUT2D eigenvalue weighted by molar-refractivity contribution is 5.67. The number of rotatable bonds is 12. The van der Waals surface area contributed by atoms with Crippen molar-refractivity contribution in [3.8, 4) is 28.8 Å². The van der Waals surface area contributed by atoms with Crippen LogP contribution in [0, 0.1) is 11.3 Å². The number of ether oxygens (including phenoxy) is 3. The maximum Gasteiger partial charge on any atom is 0.257 e. The molecule has 0 spiro atoms. The van der Waals surface area contributed by atoms with Crippen molar-refractivity contribution in [1.29, 1.82) is 5.26 Å². The second-order valence-corrected chi connectivity index (χ2v) is 11.9. The molecule has 1 aliphatic heterocycles. The van der Waals surface area contributed by atoms with Crippen LogP contribution in [0.15, 0.2) is 60.0 Å². The number of anilines is 2. The van der Waals surface area contributed by atoms with Gasteiger partial charge in [-0.1, -0.05) is 6.07 Å². The first kappa shape index (κ1) is 31.2. The van der Waals surface area contributed by atoms with E-state index in [2.05, 4.69) is 46.8 Å². The van der Waals surface area contributed by atoms with Gasteiger partial charge < -0.3 is 23.9 Å². The molecule has 7 rings (SSSR count). The molecule has 5 aromatic rings. The maximum absolute atomic E-state index is 9.66. The van der Waals surface area contributed by atoms with Crippen LogP contribution in [0.5, 0.6) is 11.6 Å². The highest BCUT2D eigenvalue weighted by atomic mass is 16.5. The molecule has 0 bridgehead atoms. The Morgan fingerprint density at radius 1 is 1.06 bits per heavy atom. The number of morpholine rings is 1. The minimum Gasteiger partial charge on any atom is -0.487 e. The molecule has 48 heavy (non-hydrogen) atoms. The molecule has 1 saturated heterocycles. The van der Waals surface area contributed by atoms with Crippen LogP contribution in [-0.2, 0) is 17.9 Å². The van der Waals surface area contributed by atoms with E-state index in [4.69, 9.17) is 23.7 Å². The van der Waals surface area contributed by atoms with Gasteiger partial charge in [-0.15, -0.1) is 10.2 Å². The molecular formula is C32H36N12O4. The topological polar surface area (TPSA) is 180 Å². The van der Waals surface area contributed by atoms with Crippen molar-refractivity contribution in [2.24, 2.45) is 0 Å². The zero-order valence-electron chi connectivity index (χ0n) is 26.6. The fraction of sp³-hybridized carbons (Fsp3) is 0.438. The first-order valence-electron chi connectivity index (χ1n) is 16.0. The van der Waals surface area contributed by atoms with Gasteiger partial charge in [-0.2, -0.15) is 5.26 Å². The molecule has 4 aromatic heterocycles. The second kappa shape index (κ2) is 14.6. The van der Waals surface area contributed by atoms with Crippen LogP contribution < -0.4 is 14.8 Å². The van der Waals surface area contributed by atoms with Crippen LogP contribution in [0.3, 0.4) is 0 Å². The monoisotopic (exact) mass is 652 g/mol. The number of nitriles is 1. The van der Waals surface area contributed by atoms with E-state index in [0.29, 0.717) is 47.3 Å². The van der Waals surface area contributed by atoms with E-state index < -0.39 is 0 Å². The van der Waals surface area contributed by atoms with E-state index in [1.165, 1.54) is 12.6 Å². The Kier molecular flexibility index (Phi) is 9.48. The minimum atomic E-state index is -0.278. The van der Waals surface area contributed by atoms with Crippen molar-refractivity contribution in [1.82, 2.24) is 49.8 Å². The van der Waals surface area contributed by atoms with E-state index in [0.717, 1.165) is 63.1 Å². The van der Waals surface area contributed by atoms with Crippen molar-refractivity contribution in [2.75, 3.05) is 31.6 Å². The molecule has 1 aliphatic carbocycles. The van der Waals surface area contributed by atoms with Gasteiger partial charge in [0.1, 0.15) is 36.2 Å². The summed E-state index contributed by atoms with van der Waals surface area (Å²) in [6, 6.07) is 8.42. The lowest BCUT2D eigenvalue weighted by Gasteiger charge is -2.38. The number of tetrazole rings is 1. The maximum atomic E-state index is 9.66. The lowest BCUT2D eigenvalue weighted by atomic mass is 9.90. The summed E-state index contributed by atoms with van der Waals surface area (Å²) in [5, 5.41) is 29.0. The summed E-state index contributed by atoms with van der Waals surface area (Å²) in [6.07, 6.45) is 14.0. The zero-order valence-corrected chi connectivity index (χ0v) is 26.6. The van der Waals surface area contributed by atoms with Gasteiger partial charge in [-0.3, -0.25) is 9.58 Å². The molecule has 2 aliphatic rings. The van der Waals surface area contributed by atoms with Crippen molar-refractivity contribution in [3.05, 3.63) is 67.0 Å². The molecule has 2 fully saturated rings. The predicted octanol–water partition coefficient (Wildman–Crippen LogP) is 3.79. The van der Waals surface area contributed by atoms with E-state index in [-0.39, 0.29) is 18.8 Å². The van der Waals surface area contributed by atoms with Crippen LogP contribution in [0.25, 0.3) is 11.1 Å². The summed E-state index contributed by atoms with van der Waals surface area (Å²) in [6.45, 7) is 6.10. The fourth-order valence-electron chi connectivity index (χ4n) is 6.17. The number of hydrogen-bond donors (Lipinski definition) is 1. The van der Waals surface area contributed by atoms with Gasteiger partial charge in [0.05, 0.1) is 43.8 Å². The largest absolute Gasteiger partial charge is 0.487 e. The van der Waals surface area contributed by atoms with Crippen LogP contribution in [-0.4, -0.2) is 88.3 Å². The average molecular weight is 653 g/mol. The normalized spacial score (nSPS) is 19.0. The average Bonchev–Trinajstić information content (AvgIpc) is 3.92. The minimum absolute atomic E-state index is 0.139. The Morgan fingerprint density at radius 2 is 1.88 bits per heavy atom. The Labute approximate surface area is 276 Å². The second-order valence-electron chi connectivity index (χ2n) is 11.9. The van der Waals surface area contributed by atoms with Crippen LogP contribution in [0.4, 0.5) is 11.6 Å².